The second-order valence-electron chi connectivity index (χ2n) is 6.33. The first-order valence-electron chi connectivity index (χ1n) is 8.37. The lowest BCUT2D eigenvalue weighted by molar-refractivity contribution is -0.117. The van der Waals surface area contributed by atoms with Gasteiger partial charge in [-0.3, -0.25) is 4.79 Å². The van der Waals surface area contributed by atoms with Gasteiger partial charge in [-0.2, -0.15) is 0 Å². The molecule has 2 unspecified atom stereocenters. The minimum absolute atomic E-state index is 0. The second kappa shape index (κ2) is 8.95. The second-order valence-corrected chi connectivity index (χ2v) is 8.09. The van der Waals surface area contributed by atoms with Gasteiger partial charge in [0, 0.05) is 24.7 Å². The molecule has 0 spiro atoms. The third-order valence-electron chi connectivity index (χ3n) is 4.35. The van der Waals surface area contributed by atoms with Gasteiger partial charge in [0.15, 0.2) is 11.6 Å². The van der Waals surface area contributed by atoms with Crippen molar-refractivity contribution in [1.29, 1.82) is 0 Å². The average Bonchev–Trinajstić information content (AvgIpc) is 3.43. The molecule has 1 aliphatic rings. The van der Waals surface area contributed by atoms with E-state index < -0.39 is 21.7 Å². The van der Waals surface area contributed by atoms with Crippen molar-refractivity contribution < 1.29 is 22.0 Å². The Kier molecular flexibility index (Phi) is 7.11. The number of hydrogen-bond acceptors (Lipinski definition) is 4. The van der Waals surface area contributed by atoms with Gasteiger partial charge in [-0.15, -0.1) is 12.4 Å². The number of hydrogen-bond donors (Lipinski definition) is 3. The molecule has 0 bridgehead atoms. The van der Waals surface area contributed by atoms with Gasteiger partial charge in [-0.1, -0.05) is 12.1 Å². The van der Waals surface area contributed by atoms with Crippen LogP contribution >= 0.6 is 12.4 Å². The van der Waals surface area contributed by atoms with E-state index in [4.69, 9.17) is 5.73 Å². The quantitative estimate of drug-likeness (QED) is 0.626. The molecule has 4 N–H and O–H groups in total. The predicted octanol–water partition coefficient (Wildman–Crippen LogP) is 2.37. The van der Waals surface area contributed by atoms with Crippen molar-refractivity contribution in [1.82, 2.24) is 4.72 Å². The number of sulfonamides is 1. The predicted molar refractivity (Wildman–Crippen MR) is 104 cm³/mol. The summed E-state index contributed by atoms with van der Waals surface area (Å²) in [6, 6.07) is 9.47. The molecular formula is C18H20ClF2N3O3S. The number of halogens is 3. The van der Waals surface area contributed by atoms with Gasteiger partial charge in [0.25, 0.3) is 0 Å². The zero-order chi connectivity index (χ0) is 19.6. The van der Waals surface area contributed by atoms with Crippen LogP contribution in [0.5, 0.6) is 0 Å². The first-order chi connectivity index (χ1) is 12.8. The monoisotopic (exact) mass is 431 g/mol. The Morgan fingerprint density at radius 3 is 2.57 bits per heavy atom. The number of carbonyl (C=O) groups excluding carboxylic acids is 1. The minimum atomic E-state index is -3.71. The number of nitrogens with two attached hydrogens (primary N) is 1. The van der Waals surface area contributed by atoms with E-state index >= 15 is 0 Å². The van der Waals surface area contributed by atoms with Crippen molar-refractivity contribution in [3.05, 3.63) is 59.7 Å². The number of amides is 1. The van der Waals surface area contributed by atoms with Crippen molar-refractivity contribution in [3.8, 4) is 0 Å². The maximum atomic E-state index is 13.3. The zero-order valence-corrected chi connectivity index (χ0v) is 16.3. The first kappa shape index (κ1) is 22.2. The fourth-order valence-corrected chi connectivity index (χ4v) is 3.94. The number of carbonyl (C=O) groups is 1. The summed E-state index contributed by atoms with van der Waals surface area (Å²) < 4.78 is 53.0. The van der Waals surface area contributed by atoms with E-state index in [0.717, 1.165) is 12.1 Å². The van der Waals surface area contributed by atoms with E-state index in [-0.39, 0.29) is 48.1 Å². The third kappa shape index (κ3) is 5.05. The molecule has 3 rings (SSSR count). The Morgan fingerprint density at radius 1 is 1.14 bits per heavy atom. The highest BCUT2D eigenvalue weighted by Crippen LogP contribution is 2.48. The van der Waals surface area contributed by atoms with Crippen LogP contribution in [0.25, 0.3) is 0 Å². The summed E-state index contributed by atoms with van der Waals surface area (Å²) in [4.78, 5) is 12.4. The highest BCUT2D eigenvalue weighted by molar-refractivity contribution is 7.89. The van der Waals surface area contributed by atoms with Crippen LogP contribution in [0.4, 0.5) is 14.5 Å². The zero-order valence-electron chi connectivity index (χ0n) is 14.7. The van der Waals surface area contributed by atoms with Crippen molar-refractivity contribution in [3.63, 3.8) is 0 Å². The molecule has 6 nitrogen and oxygen atoms in total. The topological polar surface area (TPSA) is 101 Å². The molecule has 1 aliphatic carbocycles. The maximum Gasteiger partial charge on any atom is 0.240 e. The van der Waals surface area contributed by atoms with Gasteiger partial charge in [-0.05, 0) is 48.2 Å². The summed E-state index contributed by atoms with van der Waals surface area (Å²) in [5, 5.41) is 2.67. The van der Waals surface area contributed by atoms with E-state index in [1.807, 2.05) is 0 Å². The summed E-state index contributed by atoms with van der Waals surface area (Å²) in [6.07, 6.45) is 0.521. The van der Waals surface area contributed by atoms with Gasteiger partial charge in [0.05, 0.1) is 4.90 Å². The molecular weight excluding hydrogens is 412 g/mol. The van der Waals surface area contributed by atoms with Crippen molar-refractivity contribution in [2.45, 2.75) is 17.2 Å². The fraction of sp³-hybridized carbons (Fsp3) is 0.278. The number of anilines is 1. The minimum Gasteiger partial charge on any atom is -0.329 e. The van der Waals surface area contributed by atoms with Gasteiger partial charge < -0.3 is 11.1 Å². The maximum absolute atomic E-state index is 13.3. The van der Waals surface area contributed by atoms with E-state index in [0.29, 0.717) is 17.7 Å². The molecule has 10 heteroatoms. The largest absolute Gasteiger partial charge is 0.329 e. The van der Waals surface area contributed by atoms with Crippen molar-refractivity contribution in [2.24, 2.45) is 11.7 Å². The van der Waals surface area contributed by atoms with Crippen molar-refractivity contribution >= 4 is 34.0 Å². The normalized spacial score (nSPS) is 18.2. The fourth-order valence-electron chi connectivity index (χ4n) is 2.85. The molecule has 0 radical (unpaired) electrons. The summed E-state index contributed by atoms with van der Waals surface area (Å²) in [7, 11) is -3.71. The van der Waals surface area contributed by atoms with Crippen LogP contribution in [-0.2, 0) is 14.8 Å². The summed E-state index contributed by atoms with van der Waals surface area (Å²) in [5.74, 6) is -2.72. The number of rotatable bonds is 7. The molecule has 0 aliphatic heterocycles. The lowest BCUT2D eigenvalue weighted by Crippen LogP contribution is -2.29. The Hall–Kier alpha value is -2.07. The molecule has 0 aromatic heterocycles. The standard InChI is InChI=1S/C18H19F2N3O3S.ClH/c19-16-5-4-11(8-17(16)20)14-10-15(14)18(24)23-12-2-1-3-13(9-12)27(25,26)22-7-6-21;/h1-5,8-9,14-15,22H,6-7,10,21H2,(H,23,24);1H. The lowest BCUT2D eigenvalue weighted by atomic mass is 10.1. The van der Waals surface area contributed by atoms with Gasteiger partial charge >= 0.3 is 0 Å². The van der Waals surface area contributed by atoms with Crippen LogP contribution in [0.3, 0.4) is 0 Å². The first-order valence-corrected chi connectivity index (χ1v) is 9.86. The molecule has 0 heterocycles. The summed E-state index contributed by atoms with van der Waals surface area (Å²) >= 11 is 0. The van der Waals surface area contributed by atoms with E-state index in [9.17, 15) is 22.0 Å². The summed E-state index contributed by atoms with van der Waals surface area (Å²) in [6.45, 7) is 0.277. The average molecular weight is 432 g/mol. The molecule has 28 heavy (non-hydrogen) atoms. The Balaban J connectivity index is 0.00000280. The molecule has 2 aromatic carbocycles. The summed E-state index contributed by atoms with van der Waals surface area (Å²) in [5.41, 5.74) is 6.21. The Labute approximate surface area is 168 Å². The van der Waals surface area contributed by atoms with Crippen molar-refractivity contribution in [2.75, 3.05) is 18.4 Å². The van der Waals surface area contributed by atoms with Crippen LogP contribution in [0, 0.1) is 17.6 Å². The smallest absolute Gasteiger partial charge is 0.240 e. The molecule has 1 amide bonds. The third-order valence-corrected chi connectivity index (χ3v) is 5.81. The van der Waals surface area contributed by atoms with Crippen LogP contribution in [0.2, 0.25) is 0 Å². The van der Waals surface area contributed by atoms with Gasteiger partial charge in [0.2, 0.25) is 15.9 Å². The lowest BCUT2D eigenvalue weighted by Gasteiger charge is -2.09. The van der Waals surface area contributed by atoms with Crippen LogP contribution < -0.4 is 15.8 Å². The molecule has 2 atom stereocenters. The SMILES string of the molecule is Cl.NCCNS(=O)(=O)c1cccc(NC(=O)C2CC2c2ccc(F)c(F)c2)c1. The van der Waals surface area contributed by atoms with E-state index in [1.54, 1.807) is 6.07 Å². The van der Waals surface area contributed by atoms with Gasteiger partial charge in [0.1, 0.15) is 0 Å². The molecule has 152 valence electrons. The van der Waals surface area contributed by atoms with Crippen LogP contribution in [0.15, 0.2) is 47.4 Å². The molecule has 0 saturated heterocycles. The van der Waals surface area contributed by atoms with E-state index in [1.165, 1.54) is 24.3 Å². The molecule has 1 fully saturated rings. The van der Waals surface area contributed by atoms with Crippen LogP contribution in [-0.4, -0.2) is 27.4 Å². The number of nitrogens with one attached hydrogen (secondary N) is 2. The molecule has 1 saturated carbocycles. The van der Waals surface area contributed by atoms with E-state index in [2.05, 4.69) is 10.0 Å². The Bertz CT molecular complexity index is 972. The highest BCUT2D eigenvalue weighted by atomic mass is 35.5. The number of benzene rings is 2. The van der Waals surface area contributed by atoms with Crippen LogP contribution in [0.1, 0.15) is 17.9 Å². The highest BCUT2D eigenvalue weighted by Gasteiger charge is 2.44. The Morgan fingerprint density at radius 2 is 1.89 bits per heavy atom. The molecule has 2 aromatic rings. The van der Waals surface area contributed by atoms with Gasteiger partial charge in [-0.25, -0.2) is 21.9 Å².